The van der Waals surface area contributed by atoms with Gasteiger partial charge in [0.15, 0.2) is 0 Å². The van der Waals surface area contributed by atoms with Crippen LogP contribution in [-0.4, -0.2) is 27.0 Å². The molecule has 1 rings (SSSR count). The van der Waals surface area contributed by atoms with Crippen molar-refractivity contribution in [1.82, 2.24) is 9.36 Å². The van der Waals surface area contributed by atoms with E-state index in [4.69, 9.17) is 5.11 Å². The molecule has 0 radical (unpaired) electrons. The Kier molecular flexibility index (Phi) is 4.48. The summed E-state index contributed by atoms with van der Waals surface area (Å²) in [6.45, 7) is 4.25. The second-order valence-corrected chi connectivity index (χ2v) is 3.95. The number of rotatable bonds is 6. The largest absolute Gasteiger partial charge is 0.481 e. The average Bonchev–Trinajstić information content (AvgIpc) is 2.66. The number of carbonyl (C=O) groups is 1. The molecule has 1 aromatic heterocycles. The summed E-state index contributed by atoms with van der Waals surface area (Å²) in [6.07, 6.45) is 1.41. The van der Waals surface area contributed by atoms with Crippen LogP contribution in [0.25, 0.3) is 0 Å². The summed E-state index contributed by atoms with van der Waals surface area (Å²) in [5.74, 6) is -0.338. The second kappa shape index (κ2) is 5.65. The highest BCUT2D eigenvalue weighted by atomic mass is 32.1. The molecule has 1 heterocycles. The van der Waals surface area contributed by atoms with Crippen LogP contribution in [0.15, 0.2) is 0 Å². The number of hydrogen-bond donors (Lipinski definition) is 2. The minimum atomic E-state index is -0.773. The summed E-state index contributed by atoms with van der Waals surface area (Å²) in [5.41, 5.74) is 0. The first-order valence-corrected chi connectivity index (χ1v) is 5.74. The Morgan fingerprint density at radius 3 is 2.80 bits per heavy atom. The van der Waals surface area contributed by atoms with Gasteiger partial charge in [-0.2, -0.15) is 4.37 Å². The van der Waals surface area contributed by atoms with E-state index in [9.17, 15) is 4.79 Å². The van der Waals surface area contributed by atoms with Crippen LogP contribution >= 0.6 is 11.5 Å². The fraction of sp³-hybridized carbons (Fsp3) is 0.667. The van der Waals surface area contributed by atoms with E-state index in [1.807, 2.05) is 13.8 Å². The lowest BCUT2D eigenvalue weighted by Gasteiger charge is -2.09. The molecule has 0 fully saturated rings. The maximum Gasteiger partial charge on any atom is 0.308 e. The molecule has 15 heavy (non-hydrogen) atoms. The zero-order valence-corrected chi connectivity index (χ0v) is 9.67. The number of carboxylic acids is 1. The van der Waals surface area contributed by atoms with E-state index >= 15 is 0 Å². The Labute approximate surface area is 92.7 Å². The molecular formula is C9H15N3O2S. The highest BCUT2D eigenvalue weighted by Gasteiger charge is 2.15. The number of hydrogen-bond acceptors (Lipinski definition) is 5. The molecular weight excluding hydrogens is 214 g/mol. The Balaban J connectivity index is 2.45. The van der Waals surface area contributed by atoms with Gasteiger partial charge in [0, 0.05) is 24.5 Å². The highest BCUT2D eigenvalue weighted by molar-refractivity contribution is 7.09. The molecule has 0 aliphatic carbocycles. The van der Waals surface area contributed by atoms with Crippen molar-refractivity contribution in [3.8, 4) is 0 Å². The number of aryl methyl sites for hydroxylation is 1. The normalized spacial score (nSPS) is 12.4. The summed E-state index contributed by atoms with van der Waals surface area (Å²) >= 11 is 1.27. The van der Waals surface area contributed by atoms with Gasteiger partial charge in [0.1, 0.15) is 5.82 Å². The van der Waals surface area contributed by atoms with Gasteiger partial charge in [-0.05, 0) is 6.42 Å². The Morgan fingerprint density at radius 2 is 2.33 bits per heavy atom. The Bertz CT molecular complexity index is 327. The summed E-state index contributed by atoms with van der Waals surface area (Å²) in [6, 6.07) is 0. The van der Waals surface area contributed by atoms with E-state index in [1.54, 1.807) is 0 Å². The van der Waals surface area contributed by atoms with Gasteiger partial charge in [0.25, 0.3) is 0 Å². The molecule has 0 bridgehead atoms. The minimum Gasteiger partial charge on any atom is -0.481 e. The fourth-order valence-corrected chi connectivity index (χ4v) is 1.74. The second-order valence-electron chi connectivity index (χ2n) is 3.19. The van der Waals surface area contributed by atoms with Crippen LogP contribution in [0.4, 0.5) is 5.13 Å². The van der Waals surface area contributed by atoms with Crippen LogP contribution in [0.2, 0.25) is 0 Å². The molecule has 2 N–H and O–H groups in total. The molecule has 6 heteroatoms. The Hall–Kier alpha value is -1.17. The van der Waals surface area contributed by atoms with Crippen molar-refractivity contribution < 1.29 is 9.90 Å². The number of aromatic nitrogens is 2. The van der Waals surface area contributed by atoms with E-state index in [0.29, 0.717) is 18.1 Å². The smallest absolute Gasteiger partial charge is 0.308 e. The maximum absolute atomic E-state index is 10.7. The standard InChI is InChI=1S/C9H15N3O2S/c1-3-6(8(13)14)5-10-9-11-7(4-2)12-15-9/h6H,3-5H2,1-2H3,(H,13,14)(H,10,11,12). The molecule has 0 saturated heterocycles. The fourth-order valence-electron chi connectivity index (χ4n) is 1.09. The van der Waals surface area contributed by atoms with E-state index in [-0.39, 0.29) is 5.92 Å². The van der Waals surface area contributed by atoms with Gasteiger partial charge in [-0.1, -0.05) is 13.8 Å². The van der Waals surface area contributed by atoms with Gasteiger partial charge in [-0.15, -0.1) is 0 Å². The van der Waals surface area contributed by atoms with Crippen molar-refractivity contribution in [3.63, 3.8) is 0 Å². The molecule has 0 aliphatic heterocycles. The van der Waals surface area contributed by atoms with E-state index in [2.05, 4.69) is 14.7 Å². The number of nitrogens with one attached hydrogen (secondary N) is 1. The number of anilines is 1. The van der Waals surface area contributed by atoms with Crippen LogP contribution in [-0.2, 0) is 11.2 Å². The lowest BCUT2D eigenvalue weighted by atomic mass is 10.1. The first-order chi connectivity index (χ1) is 7.17. The summed E-state index contributed by atoms with van der Waals surface area (Å²) < 4.78 is 4.10. The van der Waals surface area contributed by atoms with Crippen LogP contribution in [0.3, 0.4) is 0 Å². The molecule has 5 nitrogen and oxygen atoms in total. The average molecular weight is 229 g/mol. The van der Waals surface area contributed by atoms with E-state index in [1.165, 1.54) is 11.5 Å². The topological polar surface area (TPSA) is 75.1 Å². The summed E-state index contributed by atoms with van der Waals surface area (Å²) in [4.78, 5) is 14.9. The lowest BCUT2D eigenvalue weighted by molar-refractivity contribution is -0.141. The van der Waals surface area contributed by atoms with Crippen molar-refractivity contribution in [2.45, 2.75) is 26.7 Å². The molecule has 0 amide bonds. The molecule has 0 aliphatic rings. The maximum atomic E-state index is 10.7. The van der Waals surface area contributed by atoms with Gasteiger partial charge in [-0.25, -0.2) is 4.98 Å². The molecule has 1 aromatic rings. The summed E-state index contributed by atoms with van der Waals surface area (Å²) in [5, 5.41) is 12.5. The molecule has 1 unspecified atom stereocenters. The quantitative estimate of drug-likeness (QED) is 0.775. The van der Waals surface area contributed by atoms with Crippen molar-refractivity contribution in [3.05, 3.63) is 5.82 Å². The van der Waals surface area contributed by atoms with Crippen molar-refractivity contribution >= 4 is 22.6 Å². The third-order valence-corrected chi connectivity index (χ3v) is 2.84. The predicted molar refractivity (Wildman–Crippen MR) is 59.2 cm³/mol. The Morgan fingerprint density at radius 1 is 1.60 bits per heavy atom. The lowest BCUT2D eigenvalue weighted by Crippen LogP contribution is -2.21. The third-order valence-electron chi connectivity index (χ3n) is 2.13. The molecule has 1 atom stereocenters. The molecule has 0 aromatic carbocycles. The SMILES string of the molecule is CCc1nsc(NCC(CC)C(=O)O)n1. The van der Waals surface area contributed by atoms with E-state index < -0.39 is 5.97 Å². The zero-order valence-electron chi connectivity index (χ0n) is 8.86. The van der Waals surface area contributed by atoms with Crippen LogP contribution in [0, 0.1) is 5.92 Å². The highest BCUT2D eigenvalue weighted by Crippen LogP contribution is 2.12. The van der Waals surface area contributed by atoms with Gasteiger partial charge >= 0.3 is 5.97 Å². The number of carboxylic acid groups (broad SMARTS) is 1. The van der Waals surface area contributed by atoms with Gasteiger partial charge in [0.05, 0.1) is 5.92 Å². The minimum absolute atomic E-state index is 0.362. The first kappa shape index (κ1) is 11.9. The predicted octanol–water partition coefficient (Wildman–Crippen LogP) is 1.62. The molecule has 84 valence electrons. The van der Waals surface area contributed by atoms with E-state index in [0.717, 1.165) is 12.2 Å². The number of aliphatic carboxylic acids is 1. The van der Waals surface area contributed by atoms with Crippen LogP contribution in [0.5, 0.6) is 0 Å². The van der Waals surface area contributed by atoms with Crippen molar-refractivity contribution in [2.75, 3.05) is 11.9 Å². The molecule has 0 saturated carbocycles. The monoisotopic (exact) mass is 229 g/mol. The molecule has 0 spiro atoms. The third kappa shape index (κ3) is 3.47. The van der Waals surface area contributed by atoms with Crippen LogP contribution < -0.4 is 5.32 Å². The van der Waals surface area contributed by atoms with Crippen molar-refractivity contribution in [2.24, 2.45) is 5.92 Å². The van der Waals surface area contributed by atoms with Gasteiger partial charge < -0.3 is 10.4 Å². The van der Waals surface area contributed by atoms with Gasteiger partial charge in [-0.3, -0.25) is 4.79 Å². The first-order valence-electron chi connectivity index (χ1n) is 4.96. The summed E-state index contributed by atoms with van der Waals surface area (Å²) in [7, 11) is 0. The number of nitrogens with zero attached hydrogens (tertiary/aromatic N) is 2. The van der Waals surface area contributed by atoms with Crippen molar-refractivity contribution in [1.29, 1.82) is 0 Å². The van der Waals surface area contributed by atoms with Crippen LogP contribution in [0.1, 0.15) is 26.1 Å². The van der Waals surface area contributed by atoms with Gasteiger partial charge in [0.2, 0.25) is 5.13 Å². The zero-order chi connectivity index (χ0) is 11.3.